The minimum absolute atomic E-state index is 0.0302. The number of hydrogen-bond acceptors (Lipinski definition) is 2. The van der Waals surface area contributed by atoms with Crippen molar-refractivity contribution >= 4 is 8.80 Å². The van der Waals surface area contributed by atoms with Crippen molar-refractivity contribution in [3.8, 4) is 0 Å². The molecule has 0 bridgehead atoms. The van der Waals surface area contributed by atoms with Gasteiger partial charge < -0.3 is 0 Å². The summed E-state index contributed by atoms with van der Waals surface area (Å²) in [5.41, 5.74) is 0. The third-order valence-electron chi connectivity index (χ3n) is 3.23. The van der Waals surface area contributed by atoms with Gasteiger partial charge in [0.05, 0.1) is 0 Å². The third kappa shape index (κ3) is 29.0. The van der Waals surface area contributed by atoms with Crippen LogP contribution in [-0.4, -0.2) is 17.1 Å². The summed E-state index contributed by atoms with van der Waals surface area (Å²) in [4.78, 5) is 0. The fourth-order valence-electron chi connectivity index (χ4n) is 1.85. The zero-order valence-electron chi connectivity index (χ0n) is 14.6. The van der Waals surface area contributed by atoms with Crippen molar-refractivity contribution in [3.63, 3.8) is 0 Å². The molecule has 0 saturated heterocycles. The molecule has 0 heterocycles. The van der Waals surface area contributed by atoms with Crippen LogP contribution in [0.25, 0.3) is 0 Å². The van der Waals surface area contributed by atoms with E-state index in [9.17, 15) is 0 Å². The van der Waals surface area contributed by atoms with Crippen LogP contribution in [0.2, 0.25) is 18.1 Å². The van der Waals surface area contributed by atoms with Gasteiger partial charge in [0.15, 0.2) is 0 Å². The Hall–Kier alpha value is 0.269. The summed E-state index contributed by atoms with van der Waals surface area (Å²) < 4.78 is 31.9. The Morgan fingerprint density at radius 1 is 0.714 bits per heavy atom. The molecule has 0 fully saturated rings. The van der Waals surface area contributed by atoms with E-state index in [-0.39, 0.29) is 8.80 Å². The molecule has 129 valence electrons. The topological polar surface area (TPSA) is 74.6 Å². The van der Waals surface area contributed by atoms with Gasteiger partial charge in [-0.1, -0.05) is 78.9 Å². The van der Waals surface area contributed by atoms with Crippen LogP contribution >= 0.6 is 0 Å². The van der Waals surface area contributed by atoms with Gasteiger partial charge in [0.2, 0.25) is 0 Å². The summed E-state index contributed by atoms with van der Waals surface area (Å²) in [5, 5.41) is 0. The molecule has 6 heteroatoms. The van der Waals surface area contributed by atoms with E-state index in [2.05, 4.69) is 41.5 Å². The molecule has 0 rings (SSSR count). The predicted molar refractivity (Wildman–Crippen MR) is 84.4 cm³/mol. The molecule has 4 nitrogen and oxygen atoms in total. The first-order valence-electron chi connectivity index (χ1n) is 7.95. The van der Waals surface area contributed by atoms with Crippen molar-refractivity contribution in [3.05, 3.63) is 0 Å². The molecule has 0 amide bonds. The zero-order valence-corrected chi connectivity index (χ0v) is 16.9. The van der Waals surface area contributed by atoms with Gasteiger partial charge in [-0.2, -0.15) is 0 Å². The van der Waals surface area contributed by atoms with Crippen molar-refractivity contribution < 1.29 is 29.5 Å². The molecule has 0 saturated carbocycles. The monoisotopic (exact) mass is 359 g/mol. The van der Waals surface area contributed by atoms with Crippen LogP contribution in [0.4, 0.5) is 0 Å². The van der Waals surface area contributed by atoms with Gasteiger partial charge in [-0.05, 0) is 17.8 Å². The average Bonchev–Trinajstić information content (AvgIpc) is 2.24. The van der Waals surface area contributed by atoms with E-state index in [1.54, 1.807) is 18.1 Å². The van der Waals surface area contributed by atoms with Gasteiger partial charge in [-0.25, -0.2) is 0 Å². The summed E-state index contributed by atoms with van der Waals surface area (Å²) in [5.74, 6) is 2.70. The summed E-state index contributed by atoms with van der Waals surface area (Å²) in [7, 11) is -0.0302. The molecule has 0 aliphatic heterocycles. The van der Waals surface area contributed by atoms with Gasteiger partial charge in [0, 0.05) is 8.80 Å². The Morgan fingerprint density at radius 3 is 1.05 bits per heavy atom. The molecule has 0 aromatic carbocycles. The quantitative estimate of drug-likeness (QED) is 0.603. The molecule has 0 aliphatic rings. The van der Waals surface area contributed by atoms with E-state index in [4.69, 9.17) is 15.9 Å². The zero-order chi connectivity index (χ0) is 17.1. The molecule has 2 N–H and O–H groups in total. The van der Waals surface area contributed by atoms with Gasteiger partial charge in [-0.3, -0.25) is 0 Å². The normalized spacial score (nSPS) is 12.2. The number of hydrogen-bond donors (Lipinski definition) is 2. The fourth-order valence-corrected chi connectivity index (χ4v) is 5.56. The molecule has 0 aromatic rings. The Morgan fingerprint density at radius 2 is 0.905 bits per heavy atom. The van der Waals surface area contributed by atoms with Gasteiger partial charge in [0.1, 0.15) is 0 Å². The second kappa shape index (κ2) is 12.8. The minimum atomic E-state index is -5.25. The van der Waals surface area contributed by atoms with E-state index >= 15 is 0 Å². The Labute approximate surface area is 135 Å². The Kier molecular flexibility index (Phi) is 14.3. The van der Waals surface area contributed by atoms with Crippen molar-refractivity contribution in [2.75, 3.05) is 0 Å². The predicted octanol–water partition coefficient (Wildman–Crippen LogP) is 4.27. The van der Waals surface area contributed by atoms with Crippen LogP contribution in [0.15, 0.2) is 0 Å². The van der Waals surface area contributed by atoms with E-state index in [1.165, 1.54) is 19.3 Å². The second-order valence-corrected chi connectivity index (χ2v) is 11.4. The standard InChI is InChI=1S/C15H33Si.Cr.2H2O.2O/c1-13(2)7-10-16(11-8-14(3)4)12-9-15(5)6;;;;;/h13-15H,7-12H2,1-6H3;;2*1H2;;/q;+2;;;;/p-2. The summed E-state index contributed by atoms with van der Waals surface area (Å²) in [6.45, 7) is 14.2. The molecule has 1 radical (unpaired) electrons. The molecule has 0 spiro atoms. The maximum atomic E-state index is 8.82. The summed E-state index contributed by atoms with van der Waals surface area (Å²) in [6, 6.07) is 4.67. The number of rotatable bonds is 9. The fraction of sp³-hybridized carbons (Fsp3) is 1.00. The van der Waals surface area contributed by atoms with Gasteiger partial charge in [0.25, 0.3) is 0 Å². The van der Waals surface area contributed by atoms with Crippen molar-refractivity contribution in [2.45, 2.75) is 78.9 Å². The first-order chi connectivity index (χ1) is 9.41. The third-order valence-corrected chi connectivity index (χ3v) is 6.21. The van der Waals surface area contributed by atoms with Crippen LogP contribution in [0, 0.1) is 17.8 Å². The maximum absolute atomic E-state index is 8.82. The van der Waals surface area contributed by atoms with Crippen LogP contribution in [0.5, 0.6) is 0 Å². The van der Waals surface area contributed by atoms with Crippen molar-refractivity contribution in [1.29, 1.82) is 0 Å². The van der Waals surface area contributed by atoms with E-state index in [0.29, 0.717) is 0 Å². The van der Waals surface area contributed by atoms with E-state index in [0.717, 1.165) is 17.8 Å². The molecule has 21 heavy (non-hydrogen) atoms. The average molecular weight is 360 g/mol. The SMILES string of the molecule is CC(C)CC[Si](CCC(C)C)CCC(C)C.[O]=[Cr](=[O])([OH])[OH]. The van der Waals surface area contributed by atoms with Gasteiger partial charge in [-0.15, -0.1) is 0 Å². The van der Waals surface area contributed by atoms with E-state index in [1.807, 2.05) is 0 Å². The van der Waals surface area contributed by atoms with E-state index < -0.39 is 13.6 Å². The Bertz CT molecular complexity index is 290. The molecule has 0 atom stereocenters. The van der Waals surface area contributed by atoms with Crippen LogP contribution in [-0.2, 0) is 21.2 Å². The first kappa shape index (κ1) is 23.5. The second-order valence-electron chi connectivity index (χ2n) is 7.00. The van der Waals surface area contributed by atoms with Crippen LogP contribution in [0.1, 0.15) is 60.8 Å². The molecule has 0 unspecified atom stereocenters. The first-order valence-corrected chi connectivity index (χ1v) is 12.3. The molecule has 0 aliphatic carbocycles. The van der Waals surface area contributed by atoms with Gasteiger partial charge >= 0.3 is 29.5 Å². The summed E-state index contributed by atoms with van der Waals surface area (Å²) in [6.07, 6.45) is 4.39. The Balaban J connectivity index is 0. The van der Waals surface area contributed by atoms with Crippen LogP contribution < -0.4 is 0 Å². The molecule has 0 aromatic heterocycles. The van der Waals surface area contributed by atoms with Crippen LogP contribution in [0.3, 0.4) is 0 Å². The molecular weight excluding hydrogens is 324 g/mol. The van der Waals surface area contributed by atoms with Crippen molar-refractivity contribution in [2.24, 2.45) is 17.8 Å². The molecular formula is C15H35CrO4Si. The summed E-state index contributed by atoms with van der Waals surface area (Å²) >= 11 is -5.25. The van der Waals surface area contributed by atoms with Crippen molar-refractivity contribution in [1.82, 2.24) is 0 Å².